The zero-order chi connectivity index (χ0) is 13.4. The predicted molar refractivity (Wildman–Crippen MR) is 78.4 cm³/mol. The highest BCUT2D eigenvalue weighted by molar-refractivity contribution is 5.32. The number of nitrogens with zero attached hydrogens (tertiary/aromatic N) is 1. The van der Waals surface area contributed by atoms with Crippen LogP contribution in [0.5, 0.6) is 5.75 Å². The summed E-state index contributed by atoms with van der Waals surface area (Å²) in [7, 11) is 0. The van der Waals surface area contributed by atoms with Crippen molar-refractivity contribution in [3.63, 3.8) is 0 Å². The molecule has 1 aromatic carbocycles. The van der Waals surface area contributed by atoms with Crippen LogP contribution in [0.1, 0.15) is 37.8 Å². The fourth-order valence-corrected chi connectivity index (χ4v) is 2.18. The van der Waals surface area contributed by atoms with Gasteiger partial charge >= 0.3 is 0 Å². The van der Waals surface area contributed by atoms with Crippen molar-refractivity contribution in [2.45, 2.75) is 40.5 Å². The molecular weight excluding hydrogens is 222 g/mol. The average Bonchev–Trinajstić information content (AvgIpc) is 2.32. The van der Waals surface area contributed by atoms with Crippen molar-refractivity contribution in [2.24, 2.45) is 0 Å². The smallest absolute Gasteiger partial charge is 0.119 e. The largest absolute Gasteiger partial charge is 0.494 e. The Balaban J connectivity index is 2.21. The fourth-order valence-electron chi connectivity index (χ4n) is 2.18. The molecule has 0 unspecified atom stereocenters. The first-order valence-corrected chi connectivity index (χ1v) is 7.09. The van der Waals surface area contributed by atoms with E-state index in [-0.39, 0.29) is 0 Å². The van der Waals surface area contributed by atoms with Crippen molar-refractivity contribution in [2.75, 3.05) is 26.2 Å². The van der Waals surface area contributed by atoms with E-state index in [4.69, 9.17) is 4.74 Å². The van der Waals surface area contributed by atoms with Gasteiger partial charge in [-0.15, -0.1) is 0 Å². The predicted octanol–water partition coefficient (Wildman–Crippen LogP) is 3.80. The van der Waals surface area contributed by atoms with E-state index >= 15 is 0 Å². The maximum absolute atomic E-state index is 5.80. The molecular formula is C16H27NO. The number of aryl methyl sites for hydroxylation is 2. The van der Waals surface area contributed by atoms with E-state index in [1.165, 1.54) is 24.1 Å². The van der Waals surface area contributed by atoms with Crippen LogP contribution < -0.4 is 4.74 Å². The van der Waals surface area contributed by atoms with Crippen LogP contribution in [0, 0.1) is 13.8 Å². The number of hydrogen-bond acceptors (Lipinski definition) is 2. The Morgan fingerprint density at radius 1 is 0.944 bits per heavy atom. The summed E-state index contributed by atoms with van der Waals surface area (Å²) in [4.78, 5) is 2.46. The van der Waals surface area contributed by atoms with Gasteiger partial charge in [-0.25, -0.2) is 0 Å². The third kappa shape index (κ3) is 5.54. The first kappa shape index (κ1) is 15.0. The summed E-state index contributed by atoms with van der Waals surface area (Å²) >= 11 is 0. The van der Waals surface area contributed by atoms with Gasteiger partial charge in [0.2, 0.25) is 0 Å². The van der Waals surface area contributed by atoms with Crippen molar-refractivity contribution in [1.29, 1.82) is 0 Å². The Morgan fingerprint density at radius 2 is 1.56 bits per heavy atom. The molecule has 0 aromatic heterocycles. The molecule has 2 nitrogen and oxygen atoms in total. The Bertz CT molecular complexity index is 325. The minimum atomic E-state index is 0.824. The molecule has 2 heteroatoms. The first-order valence-electron chi connectivity index (χ1n) is 7.09. The second-order valence-corrected chi connectivity index (χ2v) is 4.91. The van der Waals surface area contributed by atoms with Gasteiger partial charge < -0.3 is 9.64 Å². The zero-order valence-electron chi connectivity index (χ0n) is 12.3. The quantitative estimate of drug-likeness (QED) is 0.650. The molecule has 0 amide bonds. The van der Waals surface area contributed by atoms with Crippen LogP contribution in [0.25, 0.3) is 0 Å². The number of ether oxygens (including phenoxy) is 1. The maximum atomic E-state index is 5.80. The van der Waals surface area contributed by atoms with E-state index in [0.717, 1.165) is 31.9 Å². The summed E-state index contributed by atoms with van der Waals surface area (Å²) in [6.45, 7) is 13.0. The van der Waals surface area contributed by atoms with Crippen LogP contribution in [-0.4, -0.2) is 31.1 Å². The van der Waals surface area contributed by atoms with Crippen molar-refractivity contribution in [3.8, 4) is 5.75 Å². The molecule has 0 heterocycles. The summed E-state index contributed by atoms with van der Waals surface area (Å²) in [5.74, 6) is 1.01. The lowest BCUT2D eigenvalue weighted by Gasteiger charge is -2.17. The molecule has 1 rings (SSSR count). The van der Waals surface area contributed by atoms with E-state index in [1.807, 2.05) is 0 Å². The maximum Gasteiger partial charge on any atom is 0.119 e. The lowest BCUT2D eigenvalue weighted by atomic mass is 10.1. The molecule has 0 aliphatic heterocycles. The monoisotopic (exact) mass is 249 g/mol. The first-order chi connectivity index (χ1) is 8.65. The van der Waals surface area contributed by atoms with E-state index in [2.05, 4.69) is 50.8 Å². The Kier molecular flexibility index (Phi) is 6.81. The van der Waals surface area contributed by atoms with Gasteiger partial charge in [-0.1, -0.05) is 19.9 Å². The van der Waals surface area contributed by atoms with Crippen LogP contribution in [0.4, 0.5) is 0 Å². The van der Waals surface area contributed by atoms with E-state index < -0.39 is 0 Å². The minimum absolute atomic E-state index is 0.824. The number of unbranched alkanes of at least 4 members (excludes halogenated alkanes) is 1. The van der Waals surface area contributed by atoms with E-state index in [9.17, 15) is 0 Å². The highest BCUT2D eigenvalue weighted by Crippen LogP contribution is 2.16. The van der Waals surface area contributed by atoms with Gasteiger partial charge in [-0.05, 0) is 69.6 Å². The average molecular weight is 249 g/mol. The van der Waals surface area contributed by atoms with Crippen LogP contribution in [0.2, 0.25) is 0 Å². The minimum Gasteiger partial charge on any atom is -0.494 e. The molecule has 0 aliphatic carbocycles. The summed E-state index contributed by atoms with van der Waals surface area (Å²) in [6.07, 6.45) is 2.34. The Labute approximate surface area is 112 Å². The van der Waals surface area contributed by atoms with Gasteiger partial charge in [-0.2, -0.15) is 0 Å². The molecule has 0 aliphatic rings. The third-order valence-corrected chi connectivity index (χ3v) is 3.23. The lowest BCUT2D eigenvalue weighted by molar-refractivity contribution is 0.266. The molecule has 0 N–H and O–H groups in total. The van der Waals surface area contributed by atoms with Crippen molar-refractivity contribution in [1.82, 2.24) is 4.90 Å². The van der Waals surface area contributed by atoms with Gasteiger partial charge in [0.1, 0.15) is 5.75 Å². The summed E-state index contributed by atoms with van der Waals surface area (Å²) in [5.41, 5.74) is 2.54. The van der Waals surface area contributed by atoms with Gasteiger partial charge in [0.05, 0.1) is 6.61 Å². The van der Waals surface area contributed by atoms with Gasteiger partial charge in [0.15, 0.2) is 0 Å². The Hall–Kier alpha value is -1.02. The normalized spacial score (nSPS) is 10.9. The van der Waals surface area contributed by atoms with Crippen molar-refractivity contribution < 1.29 is 4.74 Å². The van der Waals surface area contributed by atoms with Gasteiger partial charge in [0.25, 0.3) is 0 Å². The van der Waals surface area contributed by atoms with Crippen LogP contribution in [0.3, 0.4) is 0 Å². The fraction of sp³-hybridized carbons (Fsp3) is 0.625. The second-order valence-electron chi connectivity index (χ2n) is 4.91. The zero-order valence-corrected chi connectivity index (χ0v) is 12.3. The molecule has 102 valence electrons. The van der Waals surface area contributed by atoms with Crippen molar-refractivity contribution >= 4 is 0 Å². The van der Waals surface area contributed by atoms with E-state index in [1.54, 1.807) is 0 Å². The molecule has 0 spiro atoms. The topological polar surface area (TPSA) is 12.5 Å². The number of hydrogen-bond donors (Lipinski definition) is 0. The van der Waals surface area contributed by atoms with Crippen LogP contribution in [0.15, 0.2) is 18.2 Å². The van der Waals surface area contributed by atoms with Crippen LogP contribution in [-0.2, 0) is 0 Å². The van der Waals surface area contributed by atoms with Gasteiger partial charge in [0, 0.05) is 0 Å². The highest BCUT2D eigenvalue weighted by Gasteiger charge is 1.99. The SMILES string of the molecule is CCN(CC)CCCCOc1cc(C)cc(C)c1. The lowest BCUT2D eigenvalue weighted by Crippen LogP contribution is -2.24. The standard InChI is InChI=1S/C16H27NO/c1-5-17(6-2)9-7-8-10-18-16-12-14(3)11-15(4)13-16/h11-13H,5-10H2,1-4H3. The summed E-state index contributed by atoms with van der Waals surface area (Å²) < 4.78 is 5.80. The summed E-state index contributed by atoms with van der Waals surface area (Å²) in [6, 6.07) is 6.39. The molecule has 0 bridgehead atoms. The highest BCUT2D eigenvalue weighted by atomic mass is 16.5. The molecule has 0 saturated carbocycles. The Morgan fingerprint density at radius 3 is 2.11 bits per heavy atom. The van der Waals surface area contributed by atoms with E-state index in [0.29, 0.717) is 0 Å². The summed E-state index contributed by atoms with van der Waals surface area (Å²) in [5, 5.41) is 0. The molecule has 0 radical (unpaired) electrons. The molecule has 1 aromatic rings. The van der Waals surface area contributed by atoms with Crippen LogP contribution >= 0.6 is 0 Å². The number of benzene rings is 1. The number of rotatable bonds is 8. The molecule has 0 fully saturated rings. The van der Waals surface area contributed by atoms with Gasteiger partial charge in [-0.3, -0.25) is 0 Å². The molecule has 18 heavy (non-hydrogen) atoms. The second kappa shape index (κ2) is 8.15. The molecule has 0 atom stereocenters. The molecule has 0 saturated heterocycles. The third-order valence-electron chi connectivity index (χ3n) is 3.23. The van der Waals surface area contributed by atoms with Crippen molar-refractivity contribution in [3.05, 3.63) is 29.3 Å².